The fraction of sp³-hybridized carbons (Fsp3) is 0.167. The minimum absolute atomic E-state index is 0.202. The summed E-state index contributed by atoms with van der Waals surface area (Å²) in [5.41, 5.74) is 0. The maximum Gasteiger partial charge on any atom is 0.326 e. The first kappa shape index (κ1) is 13.2. The first-order valence-corrected chi connectivity index (χ1v) is 5.87. The van der Waals surface area contributed by atoms with Crippen LogP contribution in [0.1, 0.15) is 11.3 Å². The quantitative estimate of drug-likeness (QED) is 0.599. The van der Waals surface area contributed by atoms with Crippen LogP contribution in [0.5, 0.6) is 0 Å². The van der Waals surface area contributed by atoms with E-state index in [1.165, 1.54) is 23.5 Å². The zero-order chi connectivity index (χ0) is 12.7. The van der Waals surface area contributed by atoms with E-state index in [-0.39, 0.29) is 6.42 Å². The summed E-state index contributed by atoms with van der Waals surface area (Å²) >= 11 is 1.50. The van der Waals surface area contributed by atoms with E-state index in [1.807, 2.05) is 17.5 Å². The van der Waals surface area contributed by atoms with Gasteiger partial charge in [0.2, 0.25) is 5.91 Å². The molecule has 1 aromatic heterocycles. The number of carbonyl (C=O) groups excluding carboxylic acids is 1. The highest BCUT2D eigenvalue weighted by Crippen LogP contribution is 2.09. The highest BCUT2D eigenvalue weighted by Gasteiger charge is 2.16. The minimum Gasteiger partial charge on any atom is -0.480 e. The van der Waals surface area contributed by atoms with Crippen LogP contribution in [0.15, 0.2) is 36.2 Å². The molecule has 5 heteroatoms. The molecule has 1 atom stereocenters. The summed E-state index contributed by atoms with van der Waals surface area (Å²) in [6, 6.07) is 2.82. The smallest absolute Gasteiger partial charge is 0.326 e. The number of carbonyl (C=O) groups is 2. The molecule has 0 aliphatic heterocycles. The maximum absolute atomic E-state index is 11.4. The van der Waals surface area contributed by atoms with Gasteiger partial charge in [-0.2, -0.15) is 0 Å². The molecular weight excluding hydrogens is 238 g/mol. The SMILES string of the molecule is C=CCC(NC(=O)/C=C/c1cccs1)C(=O)O. The van der Waals surface area contributed by atoms with Crippen molar-refractivity contribution in [1.29, 1.82) is 0 Å². The summed E-state index contributed by atoms with van der Waals surface area (Å²) in [7, 11) is 0. The second kappa shape index (κ2) is 6.65. The lowest BCUT2D eigenvalue weighted by Crippen LogP contribution is -2.39. The third-order valence-electron chi connectivity index (χ3n) is 1.96. The maximum atomic E-state index is 11.4. The van der Waals surface area contributed by atoms with Gasteiger partial charge in [-0.05, 0) is 23.9 Å². The van der Waals surface area contributed by atoms with Crippen LogP contribution in [-0.2, 0) is 9.59 Å². The average Bonchev–Trinajstić information content (AvgIpc) is 2.78. The molecule has 0 aliphatic carbocycles. The largest absolute Gasteiger partial charge is 0.480 e. The second-order valence-electron chi connectivity index (χ2n) is 3.27. The van der Waals surface area contributed by atoms with Crippen molar-refractivity contribution in [3.8, 4) is 0 Å². The molecule has 0 saturated heterocycles. The molecule has 4 nitrogen and oxygen atoms in total. The van der Waals surface area contributed by atoms with Crippen LogP contribution in [-0.4, -0.2) is 23.0 Å². The highest BCUT2D eigenvalue weighted by atomic mass is 32.1. The van der Waals surface area contributed by atoms with Crippen LogP contribution >= 0.6 is 11.3 Å². The van der Waals surface area contributed by atoms with Gasteiger partial charge in [0.05, 0.1) is 0 Å². The molecule has 0 bridgehead atoms. The van der Waals surface area contributed by atoms with Gasteiger partial charge in [-0.15, -0.1) is 17.9 Å². The molecule has 2 N–H and O–H groups in total. The first-order valence-electron chi connectivity index (χ1n) is 4.99. The molecule has 0 aliphatic rings. The van der Waals surface area contributed by atoms with E-state index in [1.54, 1.807) is 6.08 Å². The van der Waals surface area contributed by atoms with Crippen molar-refractivity contribution in [2.24, 2.45) is 0 Å². The number of hydrogen-bond acceptors (Lipinski definition) is 3. The van der Waals surface area contributed by atoms with Crippen LogP contribution < -0.4 is 5.32 Å². The highest BCUT2D eigenvalue weighted by molar-refractivity contribution is 7.10. The summed E-state index contributed by atoms with van der Waals surface area (Å²) in [5.74, 6) is -1.49. The molecule has 1 rings (SSSR count). The van der Waals surface area contributed by atoms with Crippen molar-refractivity contribution in [1.82, 2.24) is 5.32 Å². The molecule has 0 radical (unpaired) electrons. The fourth-order valence-electron chi connectivity index (χ4n) is 1.15. The Kier molecular flexibility index (Phi) is 5.16. The number of aliphatic carboxylic acids is 1. The van der Waals surface area contributed by atoms with Crippen LogP contribution in [0, 0.1) is 0 Å². The summed E-state index contributed by atoms with van der Waals surface area (Å²) in [6.45, 7) is 3.45. The van der Waals surface area contributed by atoms with Crippen LogP contribution in [0.25, 0.3) is 6.08 Å². The van der Waals surface area contributed by atoms with Gasteiger partial charge in [-0.1, -0.05) is 12.1 Å². The lowest BCUT2D eigenvalue weighted by atomic mass is 10.2. The van der Waals surface area contributed by atoms with E-state index >= 15 is 0 Å². The van der Waals surface area contributed by atoms with Crippen molar-refractivity contribution < 1.29 is 14.7 Å². The predicted molar refractivity (Wildman–Crippen MR) is 67.7 cm³/mol. The lowest BCUT2D eigenvalue weighted by molar-refractivity contribution is -0.141. The van der Waals surface area contributed by atoms with E-state index in [2.05, 4.69) is 11.9 Å². The Morgan fingerprint density at radius 1 is 1.59 bits per heavy atom. The Hall–Kier alpha value is -1.88. The third-order valence-corrected chi connectivity index (χ3v) is 2.80. The van der Waals surface area contributed by atoms with Crippen molar-refractivity contribution in [3.05, 3.63) is 41.1 Å². The summed E-state index contributed by atoms with van der Waals surface area (Å²) in [6.07, 6.45) is 4.63. The number of carboxylic acids is 1. The van der Waals surface area contributed by atoms with Crippen molar-refractivity contribution in [3.63, 3.8) is 0 Å². The normalized spacial score (nSPS) is 12.2. The van der Waals surface area contributed by atoms with Gasteiger partial charge in [0.15, 0.2) is 0 Å². The Morgan fingerprint density at radius 3 is 2.88 bits per heavy atom. The molecule has 1 heterocycles. The summed E-state index contributed by atoms with van der Waals surface area (Å²) < 4.78 is 0. The first-order chi connectivity index (χ1) is 8.13. The molecule has 90 valence electrons. The number of amides is 1. The van der Waals surface area contributed by atoms with Crippen LogP contribution in [0.4, 0.5) is 0 Å². The number of carboxylic acid groups (broad SMARTS) is 1. The molecule has 17 heavy (non-hydrogen) atoms. The van der Waals surface area contributed by atoms with Crippen LogP contribution in [0.3, 0.4) is 0 Å². The number of rotatable bonds is 6. The van der Waals surface area contributed by atoms with Crippen molar-refractivity contribution in [2.75, 3.05) is 0 Å². The Labute approximate surface area is 103 Å². The molecular formula is C12H13NO3S. The third kappa shape index (κ3) is 4.65. The number of nitrogens with one attached hydrogen (secondary N) is 1. The average molecular weight is 251 g/mol. The van der Waals surface area contributed by atoms with Gasteiger partial charge in [0.25, 0.3) is 0 Å². The molecule has 0 saturated carbocycles. The lowest BCUT2D eigenvalue weighted by Gasteiger charge is -2.10. The van der Waals surface area contributed by atoms with E-state index in [4.69, 9.17) is 5.11 Å². The van der Waals surface area contributed by atoms with Gasteiger partial charge < -0.3 is 10.4 Å². The second-order valence-corrected chi connectivity index (χ2v) is 4.25. The molecule has 1 unspecified atom stereocenters. The fourth-order valence-corrected chi connectivity index (χ4v) is 1.77. The van der Waals surface area contributed by atoms with Gasteiger partial charge in [-0.25, -0.2) is 4.79 Å². The monoisotopic (exact) mass is 251 g/mol. The summed E-state index contributed by atoms with van der Waals surface area (Å²) in [5, 5.41) is 13.1. The van der Waals surface area contributed by atoms with Crippen molar-refractivity contribution in [2.45, 2.75) is 12.5 Å². The van der Waals surface area contributed by atoms with E-state index in [0.29, 0.717) is 0 Å². The molecule has 0 fully saturated rings. The van der Waals surface area contributed by atoms with E-state index in [9.17, 15) is 9.59 Å². The van der Waals surface area contributed by atoms with Gasteiger partial charge in [0, 0.05) is 11.0 Å². The number of thiophene rings is 1. The molecule has 0 aromatic carbocycles. The molecule has 1 aromatic rings. The Balaban J connectivity index is 2.53. The van der Waals surface area contributed by atoms with Crippen molar-refractivity contribution >= 4 is 29.3 Å². The van der Waals surface area contributed by atoms with Gasteiger partial charge in [0.1, 0.15) is 6.04 Å². The van der Waals surface area contributed by atoms with Gasteiger partial charge >= 0.3 is 5.97 Å². The Morgan fingerprint density at radius 2 is 2.35 bits per heavy atom. The topological polar surface area (TPSA) is 66.4 Å². The predicted octanol–water partition coefficient (Wildman–Crippen LogP) is 1.91. The zero-order valence-corrected chi connectivity index (χ0v) is 9.94. The van der Waals surface area contributed by atoms with Gasteiger partial charge in [-0.3, -0.25) is 4.79 Å². The Bertz CT molecular complexity index is 423. The minimum atomic E-state index is -1.07. The standard InChI is InChI=1S/C12H13NO3S/c1-2-4-10(12(15)16)13-11(14)7-6-9-5-3-8-17-9/h2-3,5-8,10H,1,4H2,(H,13,14)(H,15,16)/b7-6+. The number of hydrogen-bond donors (Lipinski definition) is 2. The summed E-state index contributed by atoms with van der Waals surface area (Å²) in [4.78, 5) is 23.2. The zero-order valence-electron chi connectivity index (χ0n) is 9.13. The van der Waals surface area contributed by atoms with E-state index in [0.717, 1.165) is 4.88 Å². The molecule has 0 spiro atoms. The van der Waals surface area contributed by atoms with E-state index < -0.39 is 17.9 Å². The van der Waals surface area contributed by atoms with Crippen LogP contribution in [0.2, 0.25) is 0 Å². The molecule has 1 amide bonds.